The molecule has 0 aliphatic carbocycles. The van der Waals surface area contributed by atoms with E-state index in [9.17, 15) is 13.2 Å². The number of sulfonamides is 1. The largest absolute Gasteiger partial charge is 0.444 e. The fourth-order valence-corrected chi connectivity index (χ4v) is 5.05. The van der Waals surface area contributed by atoms with E-state index in [0.717, 1.165) is 18.4 Å². The van der Waals surface area contributed by atoms with Gasteiger partial charge in [0.15, 0.2) is 0 Å². The van der Waals surface area contributed by atoms with Gasteiger partial charge in [0, 0.05) is 24.5 Å². The molecule has 1 fully saturated rings. The van der Waals surface area contributed by atoms with E-state index in [1.807, 2.05) is 6.07 Å². The fraction of sp³-hybridized carbons (Fsp3) is 0.611. The number of carbonyl (C=O) groups excluding carboxylic acids is 1. The lowest BCUT2D eigenvalue weighted by Crippen LogP contribution is -2.49. The predicted molar refractivity (Wildman–Crippen MR) is 105 cm³/mol. The molecule has 0 unspecified atom stereocenters. The summed E-state index contributed by atoms with van der Waals surface area (Å²) in [4.78, 5) is 12.2. The van der Waals surface area contributed by atoms with Gasteiger partial charge in [-0.15, -0.1) is 0 Å². The highest BCUT2D eigenvalue weighted by Gasteiger charge is 2.34. The summed E-state index contributed by atoms with van der Waals surface area (Å²) in [7, 11) is -3.61. The van der Waals surface area contributed by atoms with Gasteiger partial charge in [0.1, 0.15) is 5.60 Å². The highest BCUT2D eigenvalue weighted by atomic mass is 79.9. The number of ether oxygens (including phenoxy) is 1. The Morgan fingerprint density at radius 3 is 2.73 bits per heavy atom. The molecule has 1 amide bonds. The van der Waals surface area contributed by atoms with E-state index in [1.54, 1.807) is 39.0 Å². The van der Waals surface area contributed by atoms with Crippen LogP contribution in [-0.2, 0) is 20.1 Å². The van der Waals surface area contributed by atoms with Crippen molar-refractivity contribution in [2.45, 2.75) is 61.9 Å². The Kier molecular flexibility index (Phi) is 7.10. The number of benzene rings is 1. The number of nitrogens with zero attached hydrogens (tertiary/aromatic N) is 1. The molecule has 6 nitrogen and oxygen atoms in total. The Balaban J connectivity index is 2.13. The first-order valence-corrected chi connectivity index (χ1v) is 11.3. The van der Waals surface area contributed by atoms with E-state index in [2.05, 4.69) is 21.2 Å². The molecule has 1 aliphatic heterocycles. The van der Waals surface area contributed by atoms with Crippen LogP contribution in [0.15, 0.2) is 29.2 Å². The lowest BCUT2D eigenvalue weighted by atomic mass is 10.1. The van der Waals surface area contributed by atoms with Crippen molar-refractivity contribution in [1.29, 1.82) is 0 Å². The summed E-state index contributed by atoms with van der Waals surface area (Å²) < 4.78 is 33.0. The summed E-state index contributed by atoms with van der Waals surface area (Å²) in [6.07, 6.45) is 1.95. The number of alkyl halides is 1. The average Bonchev–Trinajstić information content (AvgIpc) is 2.58. The van der Waals surface area contributed by atoms with Gasteiger partial charge in [0.2, 0.25) is 10.0 Å². The van der Waals surface area contributed by atoms with Crippen LogP contribution in [0.4, 0.5) is 4.79 Å². The average molecular weight is 447 g/mol. The van der Waals surface area contributed by atoms with E-state index in [1.165, 1.54) is 4.31 Å². The van der Waals surface area contributed by atoms with E-state index in [0.29, 0.717) is 23.2 Å². The van der Waals surface area contributed by atoms with Crippen LogP contribution in [0, 0.1) is 0 Å². The van der Waals surface area contributed by atoms with Gasteiger partial charge >= 0.3 is 6.09 Å². The highest BCUT2D eigenvalue weighted by Crippen LogP contribution is 2.26. The first-order chi connectivity index (χ1) is 12.1. The first-order valence-electron chi connectivity index (χ1n) is 8.77. The van der Waals surface area contributed by atoms with Gasteiger partial charge < -0.3 is 10.1 Å². The summed E-state index contributed by atoms with van der Waals surface area (Å²) in [5.74, 6) is 0. The Bertz CT molecular complexity index is 731. The predicted octanol–water partition coefficient (Wildman–Crippen LogP) is 3.65. The smallest absolute Gasteiger partial charge is 0.407 e. The molecular weight excluding hydrogens is 420 g/mol. The fourth-order valence-electron chi connectivity index (χ4n) is 2.93. The lowest BCUT2D eigenvalue weighted by molar-refractivity contribution is 0.0512. The number of nitrogens with one attached hydrogen (secondary N) is 1. The maximum atomic E-state index is 13.1. The van der Waals surface area contributed by atoms with Crippen LogP contribution in [0.25, 0.3) is 0 Å². The van der Waals surface area contributed by atoms with E-state index in [4.69, 9.17) is 4.74 Å². The number of hydrogen-bond donors (Lipinski definition) is 1. The summed E-state index contributed by atoms with van der Waals surface area (Å²) in [5.41, 5.74) is 0.324. The maximum absolute atomic E-state index is 13.1. The second-order valence-electron chi connectivity index (χ2n) is 7.43. The van der Waals surface area contributed by atoms with Crippen molar-refractivity contribution in [3.63, 3.8) is 0 Å². The summed E-state index contributed by atoms with van der Waals surface area (Å²) in [6.45, 7) is 6.08. The third-order valence-corrected chi connectivity index (χ3v) is 6.71. The van der Waals surface area contributed by atoms with Gasteiger partial charge in [-0.05, 0) is 51.3 Å². The Labute approximate surface area is 164 Å². The quantitative estimate of drug-likeness (QED) is 0.700. The molecule has 1 aromatic carbocycles. The Morgan fingerprint density at radius 1 is 1.35 bits per heavy atom. The normalized spacial score (nSPS) is 19.2. The van der Waals surface area contributed by atoms with E-state index < -0.39 is 21.7 Å². The van der Waals surface area contributed by atoms with Crippen LogP contribution < -0.4 is 5.32 Å². The number of piperidine rings is 1. The Morgan fingerprint density at radius 2 is 2.08 bits per heavy atom. The minimum absolute atomic E-state index is 0.242. The molecule has 1 N–H and O–H groups in total. The zero-order valence-corrected chi connectivity index (χ0v) is 17.9. The van der Waals surface area contributed by atoms with Gasteiger partial charge in [0.25, 0.3) is 0 Å². The summed E-state index contributed by atoms with van der Waals surface area (Å²) in [6, 6.07) is 6.67. The molecule has 26 heavy (non-hydrogen) atoms. The minimum atomic E-state index is -3.61. The molecule has 1 atom stereocenters. The van der Waals surface area contributed by atoms with Crippen LogP contribution in [0.2, 0.25) is 0 Å². The van der Waals surface area contributed by atoms with E-state index in [-0.39, 0.29) is 12.6 Å². The molecule has 8 heteroatoms. The molecule has 0 saturated carbocycles. The van der Waals surface area contributed by atoms with Crippen molar-refractivity contribution in [3.05, 3.63) is 29.8 Å². The molecule has 2 rings (SSSR count). The monoisotopic (exact) mass is 446 g/mol. The van der Waals surface area contributed by atoms with Gasteiger partial charge in [0.05, 0.1) is 4.90 Å². The molecule has 0 aromatic heterocycles. The molecular formula is C18H27BrN2O4S. The van der Waals surface area contributed by atoms with Crippen molar-refractivity contribution < 1.29 is 17.9 Å². The summed E-state index contributed by atoms with van der Waals surface area (Å²) in [5, 5.41) is 3.31. The second kappa shape index (κ2) is 8.71. The molecule has 146 valence electrons. The van der Waals surface area contributed by atoms with Gasteiger partial charge in [-0.2, -0.15) is 4.31 Å². The zero-order chi connectivity index (χ0) is 19.4. The third-order valence-electron chi connectivity index (χ3n) is 4.11. The number of hydrogen-bond acceptors (Lipinski definition) is 4. The minimum Gasteiger partial charge on any atom is -0.444 e. The van der Waals surface area contributed by atoms with Gasteiger partial charge in [-0.3, -0.25) is 0 Å². The van der Waals surface area contributed by atoms with Crippen molar-refractivity contribution >= 4 is 32.0 Å². The molecule has 1 saturated heterocycles. The molecule has 0 spiro atoms. The molecule has 0 radical (unpaired) electrons. The second-order valence-corrected chi connectivity index (χ2v) is 9.88. The number of amides is 1. The molecule has 1 heterocycles. The van der Waals surface area contributed by atoms with Crippen molar-refractivity contribution in [2.24, 2.45) is 0 Å². The molecule has 1 aromatic rings. The standard InChI is InChI=1S/C18H27BrN2O4S/c1-18(2,3)25-17(22)20-13-15-8-4-5-10-21(15)26(23,24)16-9-6-7-14(11-16)12-19/h6-7,9,11,15H,4-5,8,10,12-13H2,1-3H3,(H,20,22)/t15-/m0/s1. The highest BCUT2D eigenvalue weighted by molar-refractivity contribution is 9.08. The van der Waals surface area contributed by atoms with Crippen LogP contribution in [0.1, 0.15) is 45.6 Å². The Hall–Kier alpha value is -1.12. The van der Waals surface area contributed by atoms with Crippen molar-refractivity contribution in [3.8, 4) is 0 Å². The number of rotatable bonds is 5. The third kappa shape index (κ3) is 5.69. The molecule has 0 bridgehead atoms. The van der Waals surface area contributed by atoms with Crippen molar-refractivity contribution in [2.75, 3.05) is 13.1 Å². The van der Waals surface area contributed by atoms with Gasteiger partial charge in [-0.25, -0.2) is 13.2 Å². The number of alkyl carbamates (subject to hydrolysis) is 1. The van der Waals surface area contributed by atoms with Crippen LogP contribution in [-0.4, -0.2) is 43.5 Å². The maximum Gasteiger partial charge on any atom is 0.407 e. The van der Waals surface area contributed by atoms with Crippen molar-refractivity contribution in [1.82, 2.24) is 9.62 Å². The summed E-state index contributed by atoms with van der Waals surface area (Å²) >= 11 is 3.36. The van der Waals surface area contributed by atoms with E-state index >= 15 is 0 Å². The lowest BCUT2D eigenvalue weighted by Gasteiger charge is -2.35. The zero-order valence-electron chi connectivity index (χ0n) is 15.5. The van der Waals surface area contributed by atoms with Gasteiger partial charge in [-0.1, -0.05) is 34.5 Å². The molecule has 1 aliphatic rings. The topological polar surface area (TPSA) is 75.7 Å². The van der Waals surface area contributed by atoms with Crippen LogP contribution >= 0.6 is 15.9 Å². The first kappa shape index (κ1) is 21.2. The number of halogens is 1. The SMILES string of the molecule is CC(C)(C)OC(=O)NC[C@@H]1CCCCN1S(=O)(=O)c1cccc(CBr)c1. The van der Waals surface area contributed by atoms with Crippen LogP contribution in [0.5, 0.6) is 0 Å². The van der Waals surface area contributed by atoms with Crippen LogP contribution in [0.3, 0.4) is 0 Å². The number of carbonyl (C=O) groups is 1.